The summed E-state index contributed by atoms with van der Waals surface area (Å²) in [5.41, 5.74) is 0. The molecule has 0 bridgehead atoms. The Morgan fingerprint density at radius 2 is 2.07 bits per heavy atom. The van der Waals surface area contributed by atoms with Crippen LogP contribution in [0.4, 0.5) is 0 Å². The highest BCUT2D eigenvalue weighted by Gasteiger charge is 2.19. The summed E-state index contributed by atoms with van der Waals surface area (Å²) in [4.78, 5) is 0. The zero-order chi connectivity index (χ0) is 11.9. The summed E-state index contributed by atoms with van der Waals surface area (Å²) in [6.07, 6.45) is 0.711. The van der Waals surface area contributed by atoms with Crippen LogP contribution in [-0.4, -0.2) is 39.8 Å². The van der Waals surface area contributed by atoms with Gasteiger partial charge >= 0.3 is 0 Å². The average Bonchev–Trinajstić information content (AvgIpc) is 2.15. The molecule has 0 aliphatic heterocycles. The predicted molar refractivity (Wildman–Crippen MR) is 62.8 cm³/mol. The fourth-order valence-electron chi connectivity index (χ4n) is 1.16. The lowest BCUT2D eigenvalue weighted by Gasteiger charge is -2.17. The van der Waals surface area contributed by atoms with Crippen molar-refractivity contribution in [2.24, 2.45) is 5.92 Å². The fraction of sp³-hybridized carbons (Fsp3) is 1.00. The Balaban J connectivity index is 4.22. The molecule has 0 aliphatic carbocycles. The average molecular weight is 258 g/mol. The maximum atomic E-state index is 11.6. The van der Waals surface area contributed by atoms with Crippen molar-refractivity contribution in [1.29, 1.82) is 0 Å². The zero-order valence-electron chi connectivity index (χ0n) is 9.49. The number of sulfonamides is 1. The number of methoxy groups -OCH3 is 1. The molecule has 0 aliphatic rings. The van der Waals surface area contributed by atoms with Crippen LogP contribution in [0.2, 0.25) is 0 Å². The molecule has 0 aromatic heterocycles. The lowest BCUT2D eigenvalue weighted by atomic mass is 10.3. The minimum atomic E-state index is -3.24. The Morgan fingerprint density at radius 3 is 2.47 bits per heavy atom. The van der Waals surface area contributed by atoms with Crippen molar-refractivity contribution < 1.29 is 13.2 Å². The van der Waals surface area contributed by atoms with E-state index in [1.807, 2.05) is 13.8 Å². The van der Waals surface area contributed by atoms with E-state index in [0.717, 1.165) is 0 Å². The predicted octanol–water partition coefficient (Wildman–Crippen LogP) is 1.21. The van der Waals surface area contributed by atoms with E-state index in [0.29, 0.717) is 18.9 Å². The van der Waals surface area contributed by atoms with Crippen LogP contribution in [0.15, 0.2) is 0 Å². The molecular weight excluding hydrogens is 238 g/mol. The topological polar surface area (TPSA) is 55.4 Å². The molecule has 0 amide bonds. The number of halogens is 1. The van der Waals surface area contributed by atoms with Gasteiger partial charge in [-0.05, 0) is 12.3 Å². The van der Waals surface area contributed by atoms with Crippen LogP contribution in [-0.2, 0) is 14.8 Å². The SMILES string of the molecule is CCC(COC)NS(=O)(=O)CC(C)CCl. The van der Waals surface area contributed by atoms with E-state index in [4.69, 9.17) is 16.3 Å². The number of hydrogen-bond acceptors (Lipinski definition) is 3. The van der Waals surface area contributed by atoms with Gasteiger partial charge in [0.05, 0.1) is 12.4 Å². The van der Waals surface area contributed by atoms with Crippen LogP contribution in [0.1, 0.15) is 20.3 Å². The van der Waals surface area contributed by atoms with E-state index >= 15 is 0 Å². The number of alkyl halides is 1. The first-order valence-corrected chi connectivity index (χ1v) is 7.18. The lowest BCUT2D eigenvalue weighted by molar-refractivity contribution is 0.173. The summed E-state index contributed by atoms with van der Waals surface area (Å²) >= 11 is 5.57. The van der Waals surface area contributed by atoms with Crippen LogP contribution in [0.3, 0.4) is 0 Å². The number of hydrogen-bond donors (Lipinski definition) is 1. The van der Waals surface area contributed by atoms with Gasteiger partial charge in [0, 0.05) is 19.0 Å². The monoisotopic (exact) mass is 257 g/mol. The molecule has 0 saturated carbocycles. The third-order valence-corrected chi connectivity index (χ3v) is 4.20. The Kier molecular flexibility index (Phi) is 7.52. The first-order chi connectivity index (χ1) is 6.95. The molecule has 0 heterocycles. The van der Waals surface area contributed by atoms with Crippen molar-refractivity contribution in [3.05, 3.63) is 0 Å². The molecular formula is C9H20ClNO3S. The summed E-state index contributed by atoms with van der Waals surface area (Å²) in [7, 11) is -1.69. The summed E-state index contributed by atoms with van der Waals surface area (Å²) in [6, 6.07) is -0.150. The van der Waals surface area contributed by atoms with Gasteiger partial charge in [-0.1, -0.05) is 13.8 Å². The van der Waals surface area contributed by atoms with E-state index in [9.17, 15) is 8.42 Å². The summed E-state index contributed by atoms with van der Waals surface area (Å²) in [6.45, 7) is 4.12. The highest BCUT2D eigenvalue weighted by atomic mass is 35.5. The van der Waals surface area contributed by atoms with Crippen molar-refractivity contribution in [2.45, 2.75) is 26.3 Å². The molecule has 1 N–H and O–H groups in total. The molecule has 0 aromatic carbocycles. The first kappa shape index (κ1) is 15.2. The van der Waals surface area contributed by atoms with Gasteiger partial charge in [-0.15, -0.1) is 11.6 Å². The summed E-state index contributed by atoms with van der Waals surface area (Å²) in [5, 5.41) is 0. The second-order valence-corrected chi connectivity index (χ2v) is 5.83. The highest BCUT2D eigenvalue weighted by molar-refractivity contribution is 7.89. The van der Waals surface area contributed by atoms with E-state index in [-0.39, 0.29) is 17.7 Å². The number of nitrogens with one attached hydrogen (secondary N) is 1. The first-order valence-electron chi connectivity index (χ1n) is 5.00. The molecule has 0 saturated heterocycles. The van der Waals surface area contributed by atoms with Crippen molar-refractivity contribution >= 4 is 21.6 Å². The second kappa shape index (κ2) is 7.44. The van der Waals surface area contributed by atoms with Crippen LogP contribution in [0.5, 0.6) is 0 Å². The molecule has 0 rings (SSSR count). The molecule has 2 unspecified atom stereocenters. The van der Waals surface area contributed by atoms with Gasteiger partial charge in [-0.2, -0.15) is 0 Å². The summed E-state index contributed by atoms with van der Waals surface area (Å²) in [5.74, 6) is 0.378. The Labute approximate surface area is 97.4 Å². The summed E-state index contributed by atoms with van der Waals surface area (Å²) < 4.78 is 30.8. The minimum Gasteiger partial charge on any atom is -0.383 e. The van der Waals surface area contributed by atoms with Gasteiger partial charge in [0.1, 0.15) is 0 Å². The molecule has 2 atom stereocenters. The normalized spacial score (nSPS) is 16.3. The van der Waals surface area contributed by atoms with Crippen molar-refractivity contribution in [2.75, 3.05) is 25.3 Å². The number of ether oxygens (including phenoxy) is 1. The van der Waals surface area contributed by atoms with Crippen molar-refractivity contribution in [1.82, 2.24) is 4.72 Å². The number of rotatable bonds is 8. The second-order valence-electron chi connectivity index (χ2n) is 3.72. The van der Waals surface area contributed by atoms with Crippen LogP contribution < -0.4 is 4.72 Å². The standard InChI is InChI=1S/C9H20ClNO3S/c1-4-9(6-14-3)11-15(12,13)7-8(2)5-10/h8-9,11H,4-7H2,1-3H3. The molecule has 15 heavy (non-hydrogen) atoms. The zero-order valence-corrected chi connectivity index (χ0v) is 11.1. The molecule has 0 spiro atoms. The Morgan fingerprint density at radius 1 is 1.47 bits per heavy atom. The maximum absolute atomic E-state index is 11.6. The van der Waals surface area contributed by atoms with E-state index < -0.39 is 10.0 Å². The Hall–Kier alpha value is 0.160. The van der Waals surface area contributed by atoms with Crippen LogP contribution in [0.25, 0.3) is 0 Å². The van der Waals surface area contributed by atoms with Gasteiger partial charge in [0.2, 0.25) is 10.0 Å². The largest absolute Gasteiger partial charge is 0.383 e. The van der Waals surface area contributed by atoms with Gasteiger partial charge in [0.25, 0.3) is 0 Å². The highest BCUT2D eigenvalue weighted by Crippen LogP contribution is 2.04. The fourth-order valence-corrected chi connectivity index (χ4v) is 3.10. The van der Waals surface area contributed by atoms with Gasteiger partial charge < -0.3 is 4.74 Å². The van der Waals surface area contributed by atoms with Crippen molar-refractivity contribution in [3.8, 4) is 0 Å². The van der Waals surface area contributed by atoms with Gasteiger partial charge in [0.15, 0.2) is 0 Å². The third kappa shape index (κ3) is 7.11. The van der Waals surface area contributed by atoms with E-state index in [1.54, 1.807) is 7.11 Å². The smallest absolute Gasteiger partial charge is 0.212 e. The molecule has 92 valence electrons. The molecule has 0 aromatic rings. The molecule has 0 radical (unpaired) electrons. The van der Waals surface area contributed by atoms with Gasteiger partial charge in [-0.25, -0.2) is 13.1 Å². The quantitative estimate of drug-likeness (QED) is 0.665. The van der Waals surface area contributed by atoms with Crippen LogP contribution in [0, 0.1) is 5.92 Å². The van der Waals surface area contributed by atoms with E-state index in [2.05, 4.69) is 4.72 Å². The molecule has 4 nitrogen and oxygen atoms in total. The van der Waals surface area contributed by atoms with Crippen LogP contribution >= 0.6 is 11.6 Å². The molecule has 0 fully saturated rings. The third-order valence-electron chi connectivity index (χ3n) is 1.97. The Bertz CT molecular complexity index is 256. The molecule has 6 heteroatoms. The minimum absolute atomic E-state index is 0.0378. The van der Waals surface area contributed by atoms with Gasteiger partial charge in [-0.3, -0.25) is 0 Å². The van der Waals surface area contributed by atoms with E-state index in [1.165, 1.54) is 0 Å². The van der Waals surface area contributed by atoms with Crippen molar-refractivity contribution in [3.63, 3.8) is 0 Å². The maximum Gasteiger partial charge on any atom is 0.212 e. The lowest BCUT2D eigenvalue weighted by Crippen LogP contribution is -2.40.